The lowest BCUT2D eigenvalue weighted by molar-refractivity contribution is -0.137. The maximum absolute atomic E-state index is 13.0. The average molecular weight is 799 g/mol. The van der Waals surface area contributed by atoms with E-state index in [4.69, 9.17) is 16.3 Å². The Morgan fingerprint density at radius 1 is 0.684 bits per heavy atom. The highest BCUT2D eigenvalue weighted by atomic mass is 35.5. The number of methoxy groups -OCH3 is 1. The minimum Gasteiger partial charge on any atom is -0.495 e. The highest BCUT2D eigenvalue weighted by molar-refractivity contribution is 6.32. The van der Waals surface area contributed by atoms with Crippen LogP contribution in [0.4, 0.5) is 35.9 Å². The summed E-state index contributed by atoms with van der Waals surface area (Å²) >= 11 is 6.20. The number of nitrogens with one attached hydrogen (secondary N) is 2. The monoisotopic (exact) mass is 798 g/mol. The zero-order valence-corrected chi connectivity index (χ0v) is 32.3. The van der Waals surface area contributed by atoms with Gasteiger partial charge in [0.25, 0.3) is 11.1 Å². The number of nitrogens with zero attached hydrogens (tertiary/aromatic N) is 4. The Morgan fingerprint density at radius 3 is 1.53 bits per heavy atom. The number of benzene rings is 4. The van der Waals surface area contributed by atoms with Crippen molar-refractivity contribution in [3.63, 3.8) is 0 Å². The van der Waals surface area contributed by atoms with Crippen molar-refractivity contribution in [1.29, 1.82) is 0 Å². The summed E-state index contributed by atoms with van der Waals surface area (Å²) in [6.45, 7) is 6.85. The summed E-state index contributed by atoms with van der Waals surface area (Å²) in [7, 11) is 1.52. The number of aromatic nitrogens is 4. The number of Topliss-reactive ketones (excluding diaryl/α,β-unsaturated/α-hetero) is 2. The summed E-state index contributed by atoms with van der Waals surface area (Å²) in [5.74, 6) is -0.162. The van der Waals surface area contributed by atoms with Crippen LogP contribution in [-0.2, 0) is 19.3 Å². The second-order valence-corrected chi connectivity index (χ2v) is 12.9. The lowest BCUT2D eigenvalue weighted by Crippen LogP contribution is -2.28. The number of hydrogen-bond acceptors (Lipinski definition) is 9. The zero-order valence-electron chi connectivity index (χ0n) is 31.6. The standard InChI is InChI=1S/C21H20ClN3O3.C21H18F3N3O2/c1-4-25-21(27)20(23-15-10-11-17(28-3)16(22)12-15)18(13(2)26)19(24-25)14-8-6-5-7-9-14;1-3-27-20(29)19(25-16-11-7-10-15(12-16)21(22,23)24)17(13(2)28)18(26-27)14-8-5-4-6-9-14/h5-12,23H,4H2,1-3H3;4-12,25H,3H2,1-2H3. The number of ether oxygens (including phenoxy) is 1. The first-order valence-electron chi connectivity index (χ1n) is 17.7. The molecule has 6 aromatic rings. The molecule has 0 bridgehead atoms. The van der Waals surface area contributed by atoms with Crippen LogP contribution in [0.1, 0.15) is 54.0 Å². The fourth-order valence-electron chi connectivity index (χ4n) is 5.89. The number of halogens is 4. The Bertz CT molecular complexity index is 2540. The van der Waals surface area contributed by atoms with Gasteiger partial charge in [0.2, 0.25) is 0 Å². The molecule has 0 spiro atoms. The van der Waals surface area contributed by atoms with Gasteiger partial charge in [-0.1, -0.05) is 78.3 Å². The molecule has 0 atom stereocenters. The summed E-state index contributed by atoms with van der Waals surface area (Å²) in [5, 5.41) is 14.9. The van der Waals surface area contributed by atoms with Gasteiger partial charge in [-0.2, -0.15) is 23.4 Å². The highest BCUT2D eigenvalue weighted by Gasteiger charge is 2.31. The molecule has 6 rings (SSSR count). The summed E-state index contributed by atoms with van der Waals surface area (Å²) in [6, 6.07) is 27.6. The molecule has 4 aromatic carbocycles. The third-order valence-electron chi connectivity index (χ3n) is 8.59. The lowest BCUT2D eigenvalue weighted by atomic mass is 10.0. The molecule has 2 aromatic heterocycles. The second kappa shape index (κ2) is 17.9. The molecule has 0 unspecified atom stereocenters. The molecule has 0 saturated carbocycles. The zero-order chi connectivity index (χ0) is 41.4. The number of alkyl halides is 3. The first-order valence-corrected chi connectivity index (χ1v) is 18.0. The Kier molecular flexibility index (Phi) is 13.1. The second-order valence-electron chi connectivity index (χ2n) is 12.5. The molecule has 294 valence electrons. The Labute approximate surface area is 330 Å². The number of carbonyl (C=O) groups is 2. The summed E-state index contributed by atoms with van der Waals surface area (Å²) in [5.41, 5.74) is 1.25. The topological polar surface area (TPSA) is 137 Å². The number of aryl methyl sites for hydroxylation is 2. The number of rotatable bonds is 11. The van der Waals surface area contributed by atoms with Crippen molar-refractivity contribution < 1.29 is 27.5 Å². The van der Waals surface area contributed by atoms with E-state index in [9.17, 15) is 32.3 Å². The molecule has 0 fully saturated rings. The molecule has 0 amide bonds. The quantitative estimate of drug-likeness (QED) is 0.123. The maximum atomic E-state index is 13.0. The molecule has 2 heterocycles. The molecule has 0 aliphatic carbocycles. The van der Waals surface area contributed by atoms with E-state index in [0.29, 0.717) is 34.3 Å². The average Bonchev–Trinajstić information content (AvgIpc) is 3.19. The van der Waals surface area contributed by atoms with Gasteiger partial charge < -0.3 is 15.4 Å². The largest absolute Gasteiger partial charge is 0.495 e. The predicted molar refractivity (Wildman–Crippen MR) is 215 cm³/mol. The van der Waals surface area contributed by atoms with E-state index >= 15 is 0 Å². The van der Waals surface area contributed by atoms with Crippen LogP contribution in [0.15, 0.2) is 113 Å². The number of hydrogen-bond donors (Lipinski definition) is 2. The molecular formula is C42H38ClF3N6O5. The van der Waals surface area contributed by atoms with Crippen molar-refractivity contribution in [3.05, 3.63) is 146 Å². The minimum absolute atomic E-state index is 0.0308. The van der Waals surface area contributed by atoms with Crippen LogP contribution in [0.3, 0.4) is 0 Å². The normalized spacial score (nSPS) is 11.0. The van der Waals surface area contributed by atoms with Crippen LogP contribution in [0, 0.1) is 0 Å². The third-order valence-corrected chi connectivity index (χ3v) is 8.89. The Balaban J connectivity index is 0.000000218. The number of anilines is 4. The predicted octanol–water partition coefficient (Wildman–Crippen LogP) is 9.43. The number of ketones is 2. The van der Waals surface area contributed by atoms with Gasteiger partial charge in [0, 0.05) is 35.6 Å². The van der Waals surface area contributed by atoms with Gasteiger partial charge in [-0.05, 0) is 64.1 Å². The molecular weight excluding hydrogens is 761 g/mol. The van der Waals surface area contributed by atoms with Gasteiger partial charge in [0.1, 0.15) is 28.5 Å². The maximum Gasteiger partial charge on any atom is 0.416 e. The van der Waals surface area contributed by atoms with E-state index in [0.717, 1.165) is 17.7 Å². The number of carbonyl (C=O) groups excluding carboxylic acids is 2. The fraction of sp³-hybridized carbons (Fsp3) is 0.190. The van der Waals surface area contributed by atoms with Gasteiger partial charge in [0.15, 0.2) is 11.6 Å². The van der Waals surface area contributed by atoms with Crippen molar-refractivity contribution in [2.75, 3.05) is 17.7 Å². The highest BCUT2D eigenvalue weighted by Crippen LogP contribution is 2.34. The van der Waals surface area contributed by atoms with Gasteiger partial charge >= 0.3 is 6.18 Å². The Morgan fingerprint density at radius 2 is 1.14 bits per heavy atom. The van der Waals surface area contributed by atoms with Crippen molar-refractivity contribution >= 4 is 45.9 Å². The van der Waals surface area contributed by atoms with Crippen molar-refractivity contribution in [1.82, 2.24) is 19.6 Å². The van der Waals surface area contributed by atoms with Crippen LogP contribution < -0.4 is 26.5 Å². The van der Waals surface area contributed by atoms with E-state index in [-0.39, 0.29) is 51.8 Å². The molecule has 0 radical (unpaired) electrons. The molecule has 0 aliphatic rings. The first kappa shape index (κ1) is 41.6. The van der Waals surface area contributed by atoms with E-state index < -0.39 is 23.1 Å². The van der Waals surface area contributed by atoms with E-state index in [2.05, 4.69) is 20.8 Å². The van der Waals surface area contributed by atoms with Gasteiger partial charge in [-0.25, -0.2) is 9.36 Å². The van der Waals surface area contributed by atoms with E-state index in [1.54, 1.807) is 55.5 Å². The summed E-state index contributed by atoms with van der Waals surface area (Å²) in [6.07, 6.45) is -4.53. The van der Waals surface area contributed by atoms with E-state index in [1.807, 2.05) is 37.3 Å². The molecule has 57 heavy (non-hydrogen) atoms. The summed E-state index contributed by atoms with van der Waals surface area (Å²) in [4.78, 5) is 50.7. The minimum atomic E-state index is -4.53. The van der Waals surface area contributed by atoms with Crippen LogP contribution >= 0.6 is 11.6 Å². The fourth-order valence-corrected chi connectivity index (χ4v) is 6.15. The van der Waals surface area contributed by atoms with Crippen molar-refractivity contribution in [2.24, 2.45) is 0 Å². The molecule has 0 saturated heterocycles. The Hall–Kier alpha value is -6.54. The van der Waals surface area contributed by atoms with Crippen molar-refractivity contribution in [2.45, 2.75) is 47.0 Å². The van der Waals surface area contributed by atoms with Crippen molar-refractivity contribution in [3.8, 4) is 28.3 Å². The molecule has 0 aliphatic heterocycles. The molecule has 11 nitrogen and oxygen atoms in total. The van der Waals surface area contributed by atoms with Crippen LogP contribution in [0.2, 0.25) is 5.02 Å². The smallest absolute Gasteiger partial charge is 0.416 e. The van der Waals surface area contributed by atoms with Gasteiger partial charge in [0.05, 0.1) is 28.8 Å². The summed E-state index contributed by atoms with van der Waals surface area (Å²) < 4.78 is 46.8. The molecule has 15 heteroatoms. The van der Waals surface area contributed by atoms with Gasteiger partial charge in [-0.15, -0.1) is 0 Å². The molecule has 2 N–H and O–H groups in total. The lowest BCUT2D eigenvalue weighted by Gasteiger charge is -2.17. The SMILES string of the molecule is CCn1nc(-c2ccccc2)c(C(C)=O)c(Nc2ccc(OC)c(Cl)c2)c1=O.CCn1nc(-c2ccccc2)c(C(C)=O)c(Nc2cccc(C(F)(F)F)c2)c1=O. The first-order chi connectivity index (χ1) is 27.2. The van der Waals surface area contributed by atoms with Crippen LogP contribution in [0.25, 0.3) is 22.5 Å². The third kappa shape index (κ3) is 9.47. The van der Waals surface area contributed by atoms with E-state index in [1.165, 1.54) is 42.5 Å². The van der Waals surface area contributed by atoms with Gasteiger partial charge in [-0.3, -0.25) is 19.2 Å². The van der Waals surface area contributed by atoms with Crippen LogP contribution in [-0.4, -0.2) is 38.2 Å². The van der Waals surface area contributed by atoms with Crippen LogP contribution in [0.5, 0.6) is 5.75 Å².